The summed E-state index contributed by atoms with van der Waals surface area (Å²) in [6.07, 6.45) is 23.0. The first-order valence-corrected chi connectivity index (χ1v) is 15.2. The highest BCUT2D eigenvalue weighted by molar-refractivity contribution is 8.93. The number of nitrogens with two attached hydrogens (primary N) is 1. The van der Waals surface area contributed by atoms with Crippen molar-refractivity contribution in [2.24, 2.45) is 11.7 Å². The standard InChI is InChI=1S/C26H57NO3Si.BrH/c1-7-8-9-10-11-12-13-14-15-16-17-18-19-21-25(24-26(2,3)27)22-20-23-31(28-4,29-5)30-6;/h25H,7-24,27H2,1-6H3;1H. The van der Waals surface area contributed by atoms with Crippen LogP contribution in [0, 0.1) is 5.92 Å². The summed E-state index contributed by atoms with van der Waals surface area (Å²) in [5.41, 5.74) is 6.25. The summed E-state index contributed by atoms with van der Waals surface area (Å²) in [5, 5.41) is 0. The summed E-state index contributed by atoms with van der Waals surface area (Å²) in [7, 11) is 2.66. The molecule has 0 aromatic heterocycles. The second-order valence-electron chi connectivity index (χ2n) is 10.3. The van der Waals surface area contributed by atoms with Crippen LogP contribution < -0.4 is 5.73 Å². The Labute approximate surface area is 213 Å². The molecule has 0 bridgehead atoms. The Morgan fingerprint density at radius 3 is 1.41 bits per heavy atom. The van der Waals surface area contributed by atoms with Crippen LogP contribution in [0.3, 0.4) is 0 Å². The molecule has 2 N–H and O–H groups in total. The van der Waals surface area contributed by atoms with Crippen LogP contribution in [0.4, 0.5) is 0 Å². The van der Waals surface area contributed by atoms with Gasteiger partial charge in [-0.05, 0) is 32.6 Å². The zero-order chi connectivity index (χ0) is 23.4. The van der Waals surface area contributed by atoms with Crippen LogP contribution in [-0.2, 0) is 13.3 Å². The minimum Gasteiger partial charge on any atom is -0.377 e. The van der Waals surface area contributed by atoms with E-state index in [9.17, 15) is 0 Å². The predicted molar refractivity (Wildman–Crippen MR) is 148 cm³/mol. The van der Waals surface area contributed by atoms with Gasteiger partial charge in [0, 0.05) is 32.9 Å². The lowest BCUT2D eigenvalue weighted by Crippen LogP contribution is -2.42. The van der Waals surface area contributed by atoms with E-state index >= 15 is 0 Å². The summed E-state index contributed by atoms with van der Waals surface area (Å²) in [4.78, 5) is 0. The molecule has 0 aliphatic heterocycles. The van der Waals surface area contributed by atoms with Crippen molar-refractivity contribution in [1.82, 2.24) is 0 Å². The van der Waals surface area contributed by atoms with Gasteiger partial charge in [-0.2, -0.15) is 0 Å². The Hall–Kier alpha value is 0.537. The van der Waals surface area contributed by atoms with E-state index in [1.165, 1.54) is 96.3 Å². The van der Waals surface area contributed by atoms with E-state index in [-0.39, 0.29) is 22.5 Å². The first-order valence-electron chi connectivity index (χ1n) is 13.3. The second-order valence-corrected chi connectivity index (χ2v) is 13.4. The van der Waals surface area contributed by atoms with Crippen molar-refractivity contribution in [2.75, 3.05) is 21.3 Å². The molecule has 0 heterocycles. The lowest BCUT2D eigenvalue weighted by atomic mass is 9.85. The molecule has 196 valence electrons. The number of hydrogen-bond acceptors (Lipinski definition) is 4. The topological polar surface area (TPSA) is 53.7 Å². The van der Waals surface area contributed by atoms with Crippen LogP contribution >= 0.6 is 17.0 Å². The maximum Gasteiger partial charge on any atom is 0.500 e. The molecule has 0 aliphatic rings. The fourth-order valence-corrected chi connectivity index (χ4v) is 6.46. The molecule has 0 aromatic rings. The van der Waals surface area contributed by atoms with Crippen molar-refractivity contribution < 1.29 is 13.3 Å². The lowest BCUT2D eigenvalue weighted by Gasteiger charge is -2.28. The van der Waals surface area contributed by atoms with Crippen LogP contribution in [0.1, 0.15) is 130 Å². The molecule has 0 radical (unpaired) electrons. The van der Waals surface area contributed by atoms with E-state index in [0.717, 1.165) is 18.9 Å². The van der Waals surface area contributed by atoms with Crippen molar-refractivity contribution in [2.45, 2.75) is 142 Å². The van der Waals surface area contributed by atoms with Crippen LogP contribution in [0.25, 0.3) is 0 Å². The van der Waals surface area contributed by atoms with E-state index in [1.54, 1.807) is 21.3 Å². The molecule has 0 rings (SSSR count). The first-order chi connectivity index (χ1) is 14.8. The monoisotopic (exact) mass is 539 g/mol. The molecule has 32 heavy (non-hydrogen) atoms. The highest BCUT2D eigenvalue weighted by atomic mass is 79.9. The summed E-state index contributed by atoms with van der Waals surface area (Å²) in [5.74, 6) is 0.685. The van der Waals surface area contributed by atoms with Gasteiger partial charge in [-0.3, -0.25) is 0 Å². The van der Waals surface area contributed by atoms with Crippen LogP contribution in [0.15, 0.2) is 0 Å². The van der Waals surface area contributed by atoms with Gasteiger partial charge in [0.2, 0.25) is 0 Å². The minimum absolute atomic E-state index is 0. The molecule has 1 atom stereocenters. The van der Waals surface area contributed by atoms with Gasteiger partial charge in [0.05, 0.1) is 0 Å². The van der Waals surface area contributed by atoms with Crippen molar-refractivity contribution in [3.63, 3.8) is 0 Å². The van der Waals surface area contributed by atoms with Crippen molar-refractivity contribution >= 4 is 25.8 Å². The quantitative estimate of drug-likeness (QED) is 0.104. The van der Waals surface area contributed by atoms with Gasteiger partial charge in [0.1, 0.15) is 0 Å². The molecule has 0 aromatic carbocycles. The van der Waals surface area contributed by atoms with Crippen molar-refractivity contribution in [1.29, 1.82) is 0 Å². The van der Waals surface area contributed by atoms with E-state index in [4.69, 9.17) is 19.0 Å². The molecule has 0 amide bonds. The summed E-state index contributed by atoms with van der Waals surface area (Å²) in [6.45, 7) is 6.60. The fraction of sp³-hybridized carbons (Fsp3) is 1.00. The third-order valence-corrected chi connectivity index (χ3v) is 9.39. The normalized spacial score (nSPS) is 13.2. The third-order valence-electron chi connectivity index (χ3n) is 6.56. The molecule has 0 fully saturated rings. The van der Waals surface area contributed by atoms with E-state index in [2.05, 4.69) is 20.8 Å². The molecule has 0 aliphatic carbocycles. The molecule has 1 unspecified atom stereocenters. The Kier molecular flexibility index (Phi) is 23.9. The Balaban J connectivity index is 0. The average Bonchev–Trinajstić information content (AvgIpc) is 2.73. The van der Waals surface area contributed by atoms with Gasteiger partial charge in [-0.15, -0.1) is 17.0 Å². The SMILES string of the molecule is Br.CCCCCCCCCCCCCCCC(CCC[Si](OC)(OC)OC)CC(C)(C)N. The fourth-order valence-electron chi connectivity index (χ4n) is 4.71. The lowest BCUT2D eigenvalue weighted by molar-refractivity contribution is 0.122. The summed E-state index contributed by atoms with van der Waals surface area (Å²) >= 11 is 0. The first kappa shape index (κ1) is 34.7. The largest absolute Gasteiger partial charge is 0.500 e. The Morgan fingerprint density at radius 1 is 0.656 bits per heavy atom. The van der Waals surface area contributed by atoms with Crippen LogP contribution in [0.5, 0.6) is 0 Å². The average molecular weight is 541 g/mol. The van der Waals surface area contributed by atoms with Crippen molar-refractivity contribution in [3.8, 4) is 0 Å². The van der Waals surface area contributed by atoms with Gasteiger partial charge in [-0.25, -0.2) is 0 Å². The Bertz CT molecular complexity index is 381. The van der Waals surface area contributed by atoms with E-state index in [0.29, 0.717) is 5.92 Å². The molecule has 4 nitrogen and oxygen atoms in total. The third kappa shape index (κ3) is 20.0. The summed E-state index contributed by atoms with van der Waals surface area (Å²) < 4.78 is 16.7. The second kappa shape index (κ2) is 22.0. The Morgan fingerprint density at radius 2 is 1.03 bits per heavy atom. The number of halogens is 1. The zero-order valence-corrected chi connectivity index (χ0v) is 25.2. The highest BCUT2D eigenvalue weighted by Crippen LogP contribution is 2.27. The van der Waals surface area contributed by atoms with Gasteiger partial charge in [0.25, 0.3) is 0 Å². The van der Waals surface area contributed by atoms with E-state index in [1.807, 2.05) is 0 Å². The predicted octanol–water partition coefficient (Wildman–Crippen LogP) is 8.45. The highest BCUT2D eigenvalue weighted by Gasteiger charge is 2.37. The molecular weight excluding hydrogens is 482 g/mol. The van der Waals surface area contributed by atoms with Gasteiger partial charge in [-0.1, -0.05) is 103 Å². The maximum atomic E-state index is 6.35. The van der Waals surface area contributed by atoms with Crippen LogP contribution in [-0.4, -0.2) is 35.7 Å². The molecule has 0 spiro atoms. The van der Waals surface area contributed by atoms with Crippen LogP contribution in [0.2, 0.25) is 6.04 Å². The molecule has 0 saturated heterocycles. The molecule has 6 heteroatoms. The zero-order valence-electron chi connectivity index (χ0n) is 22.5. The van der Waals surface area contributed by atoms with Crippen molar-refractivity contribution in [3.05, 3.63) is 0 Å². The molecular formula is C26H58BrNO3Si. The van der Waals surface area contributed by atoms with Gasteiger partial charge < -0.3 is 19.0 Å². The number of rotatable bonds is 23. The maximum absolute atomic E-state index is 6.35. The smallest absolute Gasteiger partial charge is 0.377 e. The number of unbranched alkanes of at least 4 members (excludes halogenated alkanes) is 12. The van der Waals surface area contributed by atoms with E-state index < -0.39 is 8.80 Å². The summed E-state index contributed by atoms with van der Waals surface area (Å²) in [6, 6.07) is 0.886. The molecule has 0 saturated carbocycles. The number of hydrogen-bond donors (Lipinski definition) is 1. The minimum atomic E-state index is -2.45. The van der Waals surface area contributed by atoms with Gasteiger partial charge >= 0.3 is 8.80 Å². The van der Waals surface area contributed by atoms with Gasteiger partial charge in [0.15, 0.2) is 0 Å².